The van der Waals surface area contributed by atoms with Gasteiger partial charge < -0.3 is 0 Å². The smallest absolute Gasteiger partial charge is 0.0704 e. The van der Waals surface area contributed by atoms with Crippen molar-refractivity contribution in [2.45, 2.75) is 32.5 Å². The summed E-state index contributed by atoms with van der Waals surface area (Å²) in [5.74, 6) is 0. The van der Waals surface area contributed by atoms with Gasteiger partial charge in [0.25, 0.3) is 0 Å². The Hall–Kier alpha value is -8.01. The molecule has 0 bridgehead atoms. The van der Waals surface area contributed by atoms with Crippen molar-refractivity contribution in [3.05, 3.63) is 259 Å². The van der Waals surface area contributed by atoms with Crippen molar-refractivity contribution in [1.29, 1.82) is 0 Å². The molecule has 65 heavy (non-hydrogen) atoms. The van der Waals surface area contributed by atoms with Gasteiger partial charge in [-0.3, -0.25) is 15.0 Å². The van der Waals surface area contributed by atoms with E-state index in [1.165, 1.54) is 27.8 Å². The summed E-state index contributed by atoms with van der Waals surface area (Å²) in [5, 5.41) is 0. The topological polar surface area (TPSA) is 38.7 Å². The zero-order valence-electron chi connectivity index (χ0n) is 39.1. The zero-order valence-corrected chi connectivity index (χ0v) is 36.1. The fourth-order valence-electron chi connectivity index (χ4n) is 8.74. The average Bonchev–Trinajstić information content (AvgIpc) is 3.40. The lowest BCUT2D eigenvalue weighted by molar-refractivity contribution is 0.931. The molecule has 10 rings (SSSR count). The third-order valence-electron chi connectivity index (χ3n) is 12.2. The predicted octanol–water partition coefficient (Wildman–Crippen LogP) is 15.4. The highest BCUT2D eigenvalue weighted by Crippen LogP contribution is 2.41. The summed E-state index contributed by atoms with van der Waals surface area (Å²) in [6.45, 7) is -2.24. The van der Waals surface area contributed by atoms with Crippen LogP contribution in [0.4, 0.5) is 0 Å². The minimum absolute atomic E-state index is 0.268. The Balaban J connectivity index is 1.03. The van der Waals surface area contributed by atoms with Crippen LogP contribution in [0.25, 0.3) is 78.3 Å². The number of hydrogen-bond donors (Lipinski definition) is 0. The molecule has 3 heterocycles. The minimum Gasteiger partial charge on any atom is -0.256 e. The molecular formula is C62H49N3. The Morgan fingerprint density at radius 3 is 1.38 bits per heavy atom. The van der Waals surface area contributed by atoms with Crippen LogP contribution in [-0.2, 0) is 25.7 Å². The SMILES string of the molecule is [2H]C([2H])([2H])c1ccnc(-c2ccc(-c3ccccc3-c3cc(CCc4ccc(-c5ccccn5)cc4)cc(CCc4ccc(-c5ccccn5)cc4)c3)c(-c3ccc(-c4ccccc4)cc3)c2)c1. The third-order valence-corrected chi connectivity index (χ3v) is 12.2. The number of rotatable bonds is 13. The summed E-state index contributed by atoms with van der Waals surface area (Å²) in [4.78, 5) is 13.8. The van der Waals surface area contributed by atoms with Gasteiger partial charge in [-0.15, -0.1) is 0 Å². The summed E-state index contributed by atoms with van der Waals surface area (Å²) in [6.07, 6.45) is 8.86. The first kappa shape index (κ1) is 37.5. The van der Waals surface area contributed by atoms with Crippen LogP contribution in [-0.4, -0.2) is 15.0 Å². The molecule has 0 aliphatic heterocycles. The van der Waals surface area contributed by atoms with E-state index in [9.17, 15) is 0 Å². The summed E-state index contributed by atoms with van der Waals surface area (Å²) in [7, 11) is 0. The zero-order chi connectivity index (χ0) is 46.3. The first-order chi connectivity index (χ1) is 33.3. The molecule has 0 aliphatic rings. The number of hydrogen-bond acceptors (Lipinski definition) is 3. The summed E-state index contributed by atoms with van der Waals surface area (Å²) in [6, 6.07) is 74.3. The molecule has 0 fully saturated rings. The highest BCUT2D eigenvalue weighted by molar-refractivity contribution is 5.94. The predicted molar refractivity (Wildman–Crippen MR) is 270 cm³/mol. The van der Waals surface area contributed by atoms with E-state index < -0.39 is 6.85 Å². The standard InChI is InChI=1S/C62H49N3/c1-44-35-38-65-62(39-44)54-33-34-58(59(43-54)51-31-29-50(30-32-51)49-11-3-2-4-12-49)57-14-6-5-13-56(57)55-41-47(19-17-45-21-25-52(26-22-45)60-15-7-9-36-63-60)40-48(42-55)20-18-46-23-27-53(28-24-46)61-16-8-10-37-64-61/h2-16,21-43H,17-20H2,1H3/i1D3. The van der Waals surface area contributed by atoms with Gasteiger partial charge in [0.1, 0.15) is 0 Å². The Kier molecular flexibility index (Phi) is 11.1. The molecule has 3 heteroatoms. The van der Waals surface area contributed by atoms with Crippen molar-refractivity contribution >= 4 is 0 Å². The molecule has 0 saturated carbocycles. The number of pyridine rings is 3. The molecule has 10 aromatic rings. The Bertz CT molecular complexity index is 3170. The van der Waals surface area contributed by atoms with E-state index in [1.807, 2.05) is 54.9 Å². The Labute approximate surface area is 387 Å². The lowest BCUT2D eigenvalue weighted by Gasteiger charge is -2.18. The maximum absolute atomic E-state index is 8.10. The fraction of sp³-hybridized carbons (Fsp3) is 0.0806. The molecule has 0 amide bonds. The number of aromatic nitrogens is 3. The normalized spacial score (nSPS) is 12.0. The van der Waals surface area contributed by atoms with Crippen LogP contribution >= 0.6 is 0 Å². The maximum Gasteiger partial charge on any atom is 0.0704 e. The Morgan fingerprint density at radius 1 is 0.292 bits per heavy atom. The van der Waals surface area contributed by atoms with Gasteiger partial charge >= 0.3 is 0 Å². The highest BCUT2D eigenvalue weighted by atomic mass is 14.7. The second-order valence-corrected chi connectivity index (χ2v) is 16.5. The van der Waals surface area contributed by atoms with Gasteiger partial charge in [0.15, 0.2) is 0 Å². The molecular weight excluding hydrogens is 787 g/mol. The van der Waals surface area contributed by atoms with Crippen LogP contribution in [0.2, 0.25) is 0 Å². The molecule has 312 valence electrons. The van der Waals surface area contributed by atoms with E-state index in [-0.39, 0.29) is 5.56 Å². The van der Waals surface area contributed by atoms with Crippen LogP contribution in [0, 0.1) is 6.85 Å². The van der Waals surface area contributed by atoms with Crippen LogP contribution in [0.1, 0.15) is 31.9 Å². The lowest BCUT2D eigenvalue weighted by Crippen LogP contribution is -1.98. The van der Waals surface area contributed by atoms with Crippen molar-refractivity contribution in [2.24, 2.45) is 0 Å². The number of benzene rings is 7. The van der Waals surface area contributed by atoms with Gasteiger partial charge in [0.05, 0.1) is 17.1 Å². The van der Waals surface area contributed by atoms with E-state index in [0.717, 1.165) is 92.7 Å². The average molecular weight is 839 g/mol. The molecule has 7 aromatic carbocycles. The first-order valence-corrected chi connectivity index (χ1v) is 22.3. The van der Waals surface area contributed by atoms with Crippen LogP contribution in [0.15, 0.2) is 231 Å². The van der Waals surface area contributed by atoms with Crippen molar-refractivity contribution in [3.8, 4) is 78.3 Å². The van der Waals surface area contributed by atoms with Crippen LogP contribution < -0.4 is 0 Å². The fourth-order valence-corrected chi connectivity index (χ4v) is 8.74. The molecule has 0 aliphatic carbocycles. The van der Waals surface area contributed by atoms with E-state index in [0.29, 0.717) is 5.69 Å². The third kappa shape index (κ3) is 9.66. The van der Waals surface area contributed by atoms with Gasteiger partial charge in [-0.1, -0.05) is 170 Å². The molecule has 0 atom stereocenters. The second-order valence-electron chi connectivity index (χ2n) is 16.5. The van der Waals surface area contributed by atoms with Gasteiger partial charge in [0.2, 0.25) is 0 Å². The van der Waals surface area contributed by atoms with Crippen molar-refractivity contribution in [3.63, 3.8) is 0 Å². The van der Waals surface area contributed by atoms with E-state index in [2.05, 4.69) is 173 Å². The monoisotopic (exact) mass is 838 g/mol. The van der Waals surface area contributed by atoms with Gasteiger partial charge in [-0.2, -0.15) is 0 Å². The number of nitrogens with zero attached hydrogens (tertiary/aromatic N) is 3. The quantitative estimate of drug-likeness (QED) is 0.116. The van der Waals surface area contributed by atoms with Crippen molar-refractivity contribution < 1.29 is 4.11 Å². The Morgan fingerprint density at radius 2 is 0.785 bits per heavy atom. The maximum atomic E-state index is 8.10. The highest BCUT2D eigenvalue weighted by Gasteiger charge is 2.16. The summed E-state index contributed by atoms with van der Waals surface area (Å²) >= 11 is 0. The van der Waals surface area contributed by atoms with Gasteiger partial charge in [-0.05, 0) is 147 Å². The number of aryl methyl sites for hydroxylation is 5. The molecule has 3 nitrogen and oxygen atoms in total. The van der Waals surface area contributed by atoms with Crippen molar-refractivity contribution in [2.75, 3.05) is 0 Å². The van der Waals surface area contributed by atoms with E-state index in [4.69, 9.17) is 4.11 Å². The van der Waals surface area contributed by atoms with E-state index in [1.54, 1.807) is 18.3 Å². The minimum atomic E-state index is -2.24. The van der Waals surface area contributed by atoms with Crippen molar-refractivity contribution in [1.82, 2.24) is 15.0 Å². The van der Waals surface area contributed by atoms with E-state index >= 15 is 0 Å². The molecule has 0 saturated heterocycles. The van der Waals surface area contributed by atoms with Gasteiger partial charge in [0, 0.05) is 39.4 Å². The second kappa shape index (κ2) is 19.2. The summed E-state index contributed by atoms with van der Waals surface area (Å²) < 4.78 is 24.3. The summed E-state index contributed by atoms with van der Waals surface area (Å²) in [5.41, 5.74) is 20.0. The molecule has 3 aromatic heterocycles. The molecule has 0 unspecified atom stereocenters. The largest absolute Gasteiger partial charge is 0.256 e. The van der Waals surface area contributed by atoms with Gasteiger partial charge in [-0.25, -0.2) is 0 Å². The molecule has 0 N–H and O–H groups in total. The molecule has 0 spiro atoms. The van der Waals surface area contributed by atoms with Crippen LogP contribution in [0.3, 0.4) is 0 Å². The lowest BCUT2D eigenvalue weighted by atomic mass is 9.86. The molecule has 0 radical (unpaired) electrons. The first-order valence-electron chi connectivity index (χ1n) is 23.8. The van der Waals surface area contributed by atoms with Crippen LogP contribution in [0.5, 0.6) is 0 Å².